The third-order valence-corrected chi connectivity index (χ3v) is 10.8. The zero-order valence-electron chi connectivity index (χ0n) is 11.4. The molecule has 0 aliphatic carbocycles. The highest BCUT2D eigenvalue weighted by molar-refractivity contribution is 8.27. The lowest BCUT2D eigenvalue weighted by molar-refractivity contribution is 0.680. The SMILES string of the molecule is CCCCNP1(NCCCC)=NS(=O)(Cl)=NS(=O)(Cl)=N1. The van der Waals surface area contributed by atoms with Crippen LogP contribution in [-0.2, 0) is 18.3 Å². The first-order valence-corrected chi connectivity index (χ1v) is 12.6. The summed E-state index contributed by atoms with van der Waals surface area (Å²) in [5.74, 6) is 0. The largest absolute Gasteiger partial charge is 0.254 e. The topological polar surface area (TPSA) is 95.3 Å². The van der Waals surface area contributed by atoms with E-state index in [0.717, 1.165) is 25.7 Å². The minimum Gasteiger partial charge on any atom is -0.252 e. The lowest BCUT2D eigenvalue weighted by Gasteiger charge is -2.23. The molecule has 1 aliphatic heterocycles. The van der Waals surface area contributed by atoms with E-state index in [-0.39, 0.29) is 0 Å². The highest BCUT2D eigenvalue weighted by atomic mass is 35.7. The van der Waals surface area contributed by atoms with E-state index in [0.29, 0.717) is 13.1 Å². The van der Waals surface area contributed by atoms with Gasteiger partial charge in [-0.05, 0) is 12.8 Å². The molecule has 0 fully saturated rings. The fourth-order valence-electron chi connectivity index (χ4n) is 1.44. The number of nitrogens with zero attached hydrogens (tertiary/aromatic N) is 3. The number of hydrogen-bond donors (Lipinski definition) is 2. The Morgan fingerprint density at radius 2 is 1.50 bits per heavy atom. The lowest BCUT2D eigenvalue weighted by atomic mass is 10.3. The van der Waals surface area contributed by atoms with Gasteiger partial charge in [0.05, 0.1) is 0 Å². The summed E-state index contributed by atoms with van der Waals surface area (Å²) in [5, 5.41) is 6.17. The van der Waals surface area contributed by atoms with Crippen molar-refractivity contribution in [3.63, 3.8) is 0 Å². The van der Waals surface area contributed by atoms with Crippen LogP contribution in [0.25, 0.3) is 0 Å². The Kier molecular flexibility index (Phi) is 7.25. The molecule has 2 atom stereocenters. The van der Waals surface area contributed by atoms with Crippen LogP contribution in [0.2, 0.25) is 0 Å². The van der Waals surface area contributed by atoms with Crippen molar-refractivity contribution in [2.75, 3.05) is 13.1 Å². The number of nitrogens with one attached hydrogen (secondary N) is 2. The molecule has 0 aromatic rings. The summed E-state index contributed by atoms with van der Waals surface area (Å²) >= 11 is 0. The second-order valence-corrected chi connectivity index (χ2v) is 12.1. The summed E-state index contributed by atoms with van der Waals surface area (Å²) in [7, 11) is 1.57. The van der Waals surface area contributed by atoms with E-state index in [9.17, 15) is 8.42 Å². The maximum absolute atomic E-state index is 12.0. The molecule has 0 bridgehead atoms. The molecule has 1 aliphatic rings. The van der Waals surface area contributed by atoms with E-state index >= 15 is 0 Å². The molecule has 0 radical (unpaired) electrons. The molecule has 2 N–H and O–H groups in total. The van der Waals surface area contributed by atoms with E-state index in [2.05, 4.69) is 22.2 Å². The molecule has 0 saturated carbocycles. The van der Waals surface area contributed by atoms with Crippen LogP contribution in [-0.4, -0.2) is 21.5 Å². The summed E-state index contributed by atoms with van der Waals surface area (Å²) in [4.78, 5) is 0. The Labute approximate surface area is 130 Å². The predicted molar refractivity (Wildman–Crippen MR) is 88.0 cm³/mol. The van der Waals surface area contributed by atoms with Crippen LogP contribution >= 0.6 is 28.9 Å². The second kappa shape index (κ2) is 7.76. The maximum Gasteiger partial charge on any atom is 0.254 e. The average Bonchev–Trinajstić information content (AvgIpc) is 2.25. The fraction of sp³-hybridized carbons (Fsp3) is 1.00. The van der Waals surface area contributed by atoms with E-state index in [1.54, 1.807) is 0 Å². The number of hydrogen-bond acceptors (Lipinski definition) is 5. The van der Waals surface area contributed by atoms with E-state index < -0.39 is 25.8 Å². The second-order valence-electron chi connectivity index (χ2n) is 4.23. The Balaban J connectivity index is 3.14. The Morgan fingerprint density at radius 1 is 1.00 bits per heavy atom. The van der Waals surface area contributed by atoms with Crippen LogP contribution in [0, 0.1) is 0 Å². The molecular formula is C8H20Cl2N5O2PS2. The molecule has 0 aromatic heterocycles. The summed E-state index contributed by atoms with van der Waals surface area (Å²) < 4.78 is 35.2. The molecular weight excluding hydrogens is 364 g/mol. The van der Waals surface area contributed by atoms with Crippen molar-refractivity contribution >= 4 is 47.1 Å². The molecule has 0 amide bonds. The maximum atomic E-state index is 12.0. The van der Waals surface area contributed by atoms with Crippen LogP contribution in [0.1, 0.15) is 39.5 Å². The van der Waals surface area contributed by atoms with Gasteiger partial charge in [0.15, 0.2) is 0 Å². The van der Waals surface area contributed by atoms with Crippen molar-refractivity contribution in [1.29, 1.82) is 0 Å². The van der Waals surface area contributed by atoms with Crippen molar-refractivity contribution < 1.29 is 8.42 Å². The van der Waals surface area contributed by atoms with Crippen molar-refractivity contribution in [3.8, 4) is 0 Å². The number of halogens is 2. The van der Waals surface area contributed by atoms with Crippen LogP contribution in [0.5, 0.6) is 0 Å². The van der Waals surface area contributed by atoms with Gasteiger partial charge in [-0.1, -0.05) is 30.5 Å². The van der Waals surface area contributed by atoms with Crippen LogP contribution < -0.4 is 10.2 Å². The van der Waals surface area contributed by atoms with Gasteiger partial charge in [0.25, 0.3) is 18.3 Å². The van der Waals surface area contributed by atoms with Crippen LogP contribution in [0.15, 0.2) is 12.1 Å². The zero-order chi connectivity index (χ0) is 15.3. The third-order valence-electron chi connectivity index (χ3n) is 2.35. The molecule has 7 nitrogen and oxygen atoms in total. The van der Waals surface area contributed by atoms with Crippen molar-refractivity contribution in [3.05, 3.63) is 0 Å². The molecule has 0 saturated heterocycles. The van der Waals surface area contributed by atoms with Gasteiger partial charge in [-0.25, -0.2) is 8.42 Å². The zero-order valence-corrected chi connectivity index (χ0v) is 15.5. The van der Waals surface area contributed by atoms with E-state index in [4.69, 9.17) is 21.4 Å². The Hall–Kier alpha value is 0.630. The van der Waals surface area contributed by atoms with Crippen LogP contribution in [0.4, 0.5) is 0 Å². The molecule has 120 valence electrons. The molecule has 1 rings (SSSR count). The highest BCUT2D eigenvalue weighted by Crippen LogP contribution is 2.49. The van der Waals surface area contributed by atoms with Gasteiger partial charge in [0.2, 0.25) is 7.51 Å². The van der Waals surface area contributed by atoms with E-state index in [1.807, 2.05) is 13.8 Å². The fourth-order valence-corrected chi connectivity index (χ4v) is 11.1. The molecule has 12 heteroatoms. The van der Waals surface area contributed by atoms with E-state index in [1.165, 1.54) is 0 Å². The van der Waals surface area contributed by atoms with Gasteiger partial charge < -0.3 is 0 Å². The highest BCUT2D eigenvalue weighted by Gasteiger charge is 2.28. The quantitative estimate of drug-likeness (QED) is 0.378. The molecule has 0 aromatic carbocycles. The van der Waals surface area contributed by atoms with Gasteiger partial charge in [-0.2, -0.15) is 0 Å². The lowest BCUT2D eigenvalue weighted by Crippen LogP contribution is -2.25. The number of rotatable bonds is 8. The standard InChI is InChI=1S/C8H20Cl2N5O2PS2/c1-3-5-7-11-18(12-8-6-4-2)13-19(9,16)15-20(10,17)14-18/h11-12H,3-8H2,1-2H3. The minimum atomic E-state index is -3.48. The van der Waals surface area contributed by atoms with Gasteiger partial charge in [0, 0.05) is 34.5 Å². The van der Waals surface area contributed by atoms with Crippen molar-refractivity contribution in [1.82, 2.24) is 10.2 Å². The monoisotopic (exact) mass is 383 g/mol. The van der Waals surface area contributed by atoms with Gasteiger partial charge >= 0.3 is 0 Å². The Morgan fingerprint density at radius 3 is 1.90 bits per heavy atom. The first-order valence-electron chi connectivity index (χ1n) is 6.34. The van der Waals surface area contributed by atoms with Crippen molar-refractivity contribution in [2.24, 2.45) is 12.1 Å². The Bertz CT molecular complexity index is 594. The third kappa shape index (κ3) is 6.17. The van der Waals surface area contributed by atoms with Crippen molar-refractivity contribution in [2.45, 2.75) is 39.5 Å². The summed E-state index contributed by atoms with van der Waals surface area (Å²) in [5.41, 5.74) is 0. The van der Waals surface area contributed by atoms with Gasteiger partial charge in [-0.3, -0.25) is 10.2 Å². The average molecular weight is 384 g/mol. The van der Waals surface area contributed by atoms with Gasteiger partial charge in [0.1, 0.15) is 0 Å². The number of unbranched alkanes of at least 4 members (excludes halogenated alkanes) is 2. The smallest absolute Gasteiger partial charge is 0.252 e. The first-order chi connectivity index (χ1) is 9.24. The first kappa shape index (κ1) is 18.7. The normalized spacial score (nSPS) is 32.0. The molecule has 1 heterocycles. The molecule has 20 heavy (non-hydrogen) atoms. The minimum absolute atomic E-state index is 0.592. The summed E-state index contributed by atoms with van der Waals surface area (Å²) in [6, 6.07) is 0. The predicted octanol–water partition coefficient (Wildman–Crippen LogP) is 3.80. The molecule has 2 unspecified atom stereocenters. The summed E-state index contributed by atoms with van der Waals surface area (Å²) in [6.07, 6.45) is 3.70. The molecule has 0 spiro atoms. The van der Waals surface area contributed by atoms with Gasteiger partial charge in [-0.15, -0.1) is 8.28 Å². The summed E-state index contributed by atoms with van der Waals surface area (Å²) in [6.45, 7) is 5.26. The van der Waals surface area contributed by atoms with Crippen LogP contribution in [0.3, 0.4) is 0 Å².